The van der Waals surface area contributed by atoms with Crippen LogP contribution in [0.2, 0.25) is 5.02 Å². The van der Waals surface area contributed by atoms with Crippen LogP contribution in [-0.4, -0.2) is 17.1 Å². The highest BCUT2D eigenvalue weighted by Crippen LogP contribution is 2.31. The Morgan fingerprint density at radius 2 is 1.56 bits per heavy atom. The van der Waals surface area contributed by atoms with Crippen LogP contribution in [0.25, 0.3) is 22.3 Å². The molecule has 136 valence electrons. The van der Waals surface area contributed by atoms with E-state index in [4.69, 9.17) is 26.3 Å². The maximum absolute atomic E-state index is 6.00. The van der Waals surface area contributed by atoms with Gasteiger partial charge in [0.2, 0.25) is 0 Å². The summed E-state index contributed by atoms with van der Waals surface area (Å²) in [6.45, 7) is 0. The second-order valence-corrected chi connectivity index (χ2v) is 6.18. The molecule has 0 fully saturated rings. The van der Waals surface area contributed by atoms with Gasteiger partial charge in [-0.3, -0.25) is 0 Å². The molecule has 0 saturated heterocycles. The standard InChI is InChI=1S/C21H16ClN3O.ClH/c1-26-19-9-5-4-8-18(19)24-21-16-6-2-3-7-17(16)23-20(25-21)14-10-12-15(22)13-11-14;/h2-13H,1H3,(H,23,24,25);1H/p-1. The predicted octanol–water partition coefficient (Wildman–Crippen LogP) is 2.71. The number of rotatable bonds is 4. The molecule has 4 aromatic rings. The Bertz CT molecular complexity index is 1070. The van der Waals surface area contributed by atoms with Crippen molar-refractivity contribution in [1.82, 2.24) is 9.97 Å². The molecule has 4 nitrogen and oxygen atoms in total. The third kappa shape index (κ3) is 3.97. The van der Waals surface area contributed by atoms with E-state index < -0.39 is 0 Å². The number of halogens is 2. The van der Waals surface area contributed by atoms with Crippen LogP contribution in [0.3, 0.4) is 0 Å². The highest BCUT2D eigenvalue weighted by molar-refractivity contribution is 6.30. The molecule has 3 aromatic carbocycles. The molecule has 0 amide bonds. The van der Waals surface area contributed by atoms with Crippen molar-refractivity contribution in [2.45, 2.75) is 0 Å². The fourth-order valence-corrected chi connectivity index (χ4v) is 2.90. The molecule has 0 atom stereocenters. The zero-order valence-electron chi connectivity index (χ0n) is 14.5. The topological polar surface area (TPSA) is 47.0 Å². The van der Waals surface area contributed by atoms with Gasteiger partial charge in [-0.1, -0.05) is 35.9 Å². The van der Waals surface area contributed by atoms with Gasteiger partial charge in [0.15, 0.2) is 5.82 Å². The molecule has 27 heavy (non-hydrogen) atoms. The smallest absolute Gasteiger partial charge is 0.162 e. The highest BCUT2D eigenvalue weighted by Gasteiger charge is 2.11. The molecular formula is C21H16Cl2N3O-. The number of ether oxygens (including phenoxy) is 1. The number of hydrogen-bond donors (Lipinski definition) is 1. The molecule has 0 bridgehead atoms. The van der Waals surface area contributed by atoms with E-state index in [1.54, 1.807) is 7.11 Å². The molecule has 0 spiro atoms. The van der Waals surface area contributed by atoms with Gasteiger partial charge in [0.05, 0.1) is 18.3 Å². The molecule has 1 heterocycles. The third-order valence-corrected chi connectivity index (χ3v) is 4.32. The fraction of sp³-hybridized carbons (Fsp3) is 0.0476. The van der Waals surface area contributed by atoms with Crippen LogP contribution in [0, 0.1) is 0 Å². The Morgan fingerprint density at radius 1 is 0.852 bits per heavy atom. The SMILES string of the molecule is COc1ccccc1Nc1nc(-c2ccc(Cl)cc2)nc2ccccc12.[Cl-]. The lowest BCUT2D eigenvalue weighted by Crippen LogP contribution is -3.00. The number of fused-ring (bicyclic) bond motifs is 1. The van der Waals surface area contributed by atoms with Crippen LogP contribution < -0.4 is 22.5 Å². The summed E-state index contributed by atoms with van der Waals surface area (Å²) in [5, 5.41) is 5.01. The molecule has 1 N–H and O–H groups in total. The van der Waals surface area contributed by atoms with Gasteiger partial charge in [-0.25, -0.2) is 9.97 Å². The quantitative estimate of drug-likeness (QED) is 0.575. The lowest BCUT2D eigenvalue weighted by molar-refractivity contribution is -0.00000539. The largest absolute Gasteiger partial charge is 1.00 e. The maximum Gasteiger partial charge on any atom is 0.162 e. The first kappa shape index (κ1) is 19.0. The zero-order chi connectivity index (χ0) is 17.9. The average molecular weight is 397 g/mol. The van der Waals surface area contributed by atoms with Crippen LogP contribution in [0.4, 0.5) is 11.5 Å². The van der Waals surface area contributed by atoms with Crippen molar-refractivity contribution in [2.75, 3.05) is 12.4 Å². The Balaban J connectivity index is 0.00000210. The van der Waals surface area contributed by atoms with Gasteiger partial charge in [0.25, 0.3) is 0 Å². The molecule has 0 aliphatic heterocycles. The molecule has 0 unspecified atom stereocenters. The van der Waals surface area contributed by atoms with Crippen molar-refractivity contribution in [3.8, 4) is 17.1 Å². The molecule has 0 radical (unpaired) electrons. The summed E-state index contributed by atoms with van der Waals surface area (Å²) in [5.74, 6) is 2.12. The summed E-state index contributed by atoms with van der Waals surface area (Å²) in [4.78, 5) is 9.45. The van der Waals surface area contributed by atoms with Crippen molar-refractivity contribution in [1.29, 1.82) is 0 Å². The number of benzene rings is 3. The van der Waals surface area contributed by atoms with Gasteiger partial charge in [-0.15, -0.1) is 0 Å². The van der Waals surface area contributed by atoms with Crippen LogP contribution in [0.15, 0.2) is 72.8 Å². The average Bonchev–Trinajstić information content (AvgIpc) is 2.69. The number of anilines is 2. The number of hydrogen-bond acceptors (Lipinski definition) is 4. The van der Waals surface area contributed by atoms with Crippen LogP contribution in [0.1, 0.15) is 0 Å². The van der Waals surface area contributed by atoms with E-state index in [1.165, 1.54) is 0 Å². The van der Waals surface area contributed by atoms with Crippen LogP contribution >= 0.6 is 11.6 Å². The minimum Gasteiger partial charge on any atom is -1.00 e. The number of nitrogens with zero attached hydrogens (tertiary/aromatic N) is 2. The van der Waals surface area contributed by atoms with Crippen LogP contribution in [-0.2, 0) is 0 Å². The Morgan fingerprint density at radius 3 is 2.33 bits per heavy atom. The van der Waals surface area contributed by atoms with Gasteiger partial charge < -0.3 is 22.5 Å². The molecule has 4 rings (SSSR count). The second kappa shape index (κ2) is 8.25. The lowest BCUT2D eigenvalue weighted by atomic mass is 10.1. The minimum absolute atomic E-state index is 0. The van der Waals surface area contributed by atoms with Crippen molar-refractivity contribution in [3.63, 3.8) is 0 Å². The van der Waals surface area contributed by atoms with E-state index in [-0.39, 0.29) is 12.4 Å². The lowest BCUT2D eigenvalue weighted by Gasteiger charge is -2.13. The summed E-state index contributed by atoms with van der Waals surface area (Å²) >= 11 is 6.00. The summed E-state index contributed by atoms with van der Waals surface area (Å²) in [6, 6.07) is 23.2. The number of nitrogens with one attached hydrogen (secondary N) is 1. The molecule has 1 aromatic heterocycles. The minimum atomic E-state index is 0. The summed E-state index contributed by atoms with van der Waals surface area (Å²) in [5.41, 5.74) is 2.62. The molecule has 0 aliphatic rings. The molecule has 6 heteroatoms. The zero-order valence-corrected chi connectivity index (χ0v) is 16.0. The maximum atomic E-state index is 6.00. The predicted molar refractivity (Wildman–Crippen MR) is 106 cm³/mol. The monoisotopic (exact) mass is 396 g/mol. The van der Waals surface area contributed by atoms with E-state index >= 15 is 0 Å². The van der Waals surface area contributed by atoms with Gasteiger partial charge in [-0.05, 0) is 48.5 Å². The van der Waals surface area contributed by atoms with Crippen molar-refractivity contribution >= 4 is 34.0 Å². The van der Waals surface area contributed by atoms with E-state index in [2.05, 4.69) is 5.32 Å². The number of para-hydroxylation sites is 3. The van der Waals surface area contributed by atoms with E-state index in [1.807, 2.05) is 72.8 Å². The van der Waals surface area contributed by atoms with Crippen LogP contribution in [0.5, 0.6) is 5.75 Å². The van der Waals surface area contributed by atoms with Crippen molar-refractivity contribution < 1.29 is 17.1 Å². The second-order valence-electron chi connectivity index (χ2n) is 5.75. The fourth-order valence-electron chi connectivity index (χ4n) is 2.78. The van der Waals surface area contributed by atoms with E-state index in [0.29, 0.717) is 10.8 Å². The van der Waals surface area contributed by atoms with Gasteiger partial charge in [-0.2, -0.15) is 0 Å². The summed E-state index contributed by atoms with van der Waals surface area (Å²) in [6.07, 6.45) is 0. The Kier molecular flexibility index (Phi) is 5.79. The Hall–Kier alpha value is -2.82. The number of aromatic nitrogens is 2. The highest BCUT2D eigenvalue weighted by atomic mass is 35.5. The molecular weight excluding hydrogens is 381 g/mol. The summed E-state index contributed by atoms with van der Waals surface area (Å²) in [7, 11) is 1.65. The third-order valence-electron chi connectivity index (χ3n) is 4.07. The van der Waals surface area contributed by atoms with E-state index in [9.17, 15) is 0 Å². The molecule has 0 saturated carbocycles. The first-order valence-corrected chi connectivity index (χ1v) is 8.55. The van der Waals surface area contributed by atoms with Crippen molar-refractivity contribution in [2.24, 2.45) is 0 Å². The normalized spacial score (nSPS) is 10.3. The number of methoxy groups -OCH3 is 1. The van der Waals surface area contributed by atoms with E-state index in [0.717, 1.165) is 33.7 Å². The van der Waals surface area contributed by atoms with Gasteiger partial charge in [0, 0.05) is 16.0 Å². The van der Waals surface area contributed by atoms with Gasteiger partial charge >= 0.3 is 0 Å². The first-order chi connectivity index (χ1) is 12.7. The van der Waals surface area contributed by atoms with Gasteiger partial charge in [0.1, 0.15) is 11.6 Å². The first-order valence-electron chi connectivity index (χ1n) is 8.17. The Labute approximate surface area is 168 Å². The summed E-state index contributed by atoms with van der Waals surface area (Å²) < 4.78 is 5.44. The van der Waals surface area contributed by atoms with Crippen molar-refractivity contribution in [3.05, 3.63) is 77.8 Å². The molecule has 0 aliphatic carbocycles.